The normalized spacial score (nSPS) is 14.9. The first-order chi connectivity index (χ1) is 21.2. The summed E-state index contributed by atoms with van der Waals surface area (Å²) in [7, 11) is -3.18. The van der Waals surface area contributed by atoms with Gasteiger partial charge in [-0.3, -0.25) is 9.48 Å². The number of nitrogens with one attached hydrogen (secondary N) is 2. The number of H-pyrrole nitrogens is 1. The molecule has 3 aromatic rings. The predicted octanol–water partition coefficient (Wildman–Crippen LogP) is 3.22. The van der Waals surface area contributed by atoms with Gasteiger partial charge in [-0.15, -0.1) is 0 Å². The van der Waals surface area contributed by atoms with E-state index in [0.717, 1.165) is 79.7 Å². The van der Waals surface area contributed by atoms with E-state index in [0.29, 0.717) is 18.7 Å². The number of nitrogens with two attached hydrogens (primary N) is 1. The molecule has 5 N–H and O–H groups in total. The quantitative estimate of drug-likeness (QED) is 0.203. The molecule has 0 unspecified atom stereocenters. The molecule has 0 spiro atoms. The number of amides is 1. The lowest BCUT2D eigenvalue weighted by Gasteiger charge is -2.31. The molecule has 1 aliphatic heterocycles. The number of likely N-dealkylation sites (N-methyl/N-ethyl adjacent to an activating group) is 1. The van der Waals surface area contributed by atoms with Crippen LogP contribution in [0.25, 0.3) is 22.0 Å². The van der Waals surface area contributed by atoms with E-state index >= 15 is 0 Å². The molecule has 1 fully saturated rings. The fourth-order valence-corrected chi connectivity index (χ4v) is 6.44. The maximum Gasteiger partial charge on any atom is 0.490 e. The van der Waals surface area contributed by atoms with Crippen molar-refractivity contribution in [2.24, 2.45) is 5.73 Å². The summed E-state index contributed by atoms with van der Waals surface area (Å²) >= 11 is 0. The van der Waals surface area contributed by atoms with E-state index in [1.807, 2.05) is 29.3 Å². The minimum Gasteiger partial charge on any atom is -0.475 e. The summed E-state index contributed by atoms with van der Waals surface area (Å²) in [6, 6.07) is 3.91. The predicted molar refractivity (Wildman–Crippen MR) is 165 cm³/mol. The third kappa shape index (κ3) is 9.51. The number of alkyl halides is 3. The third-order valence-electron chi connectivity index (χ3n) is 7.96. The number of aliphatic carboxylic acids is 1. The van der Waals surface area contributed by atoms with Crippen LogP contribution in [0.2, 0.25) is 0 Å². The van der Waals surface area contributed by atoms with Crippen molar-refractivity contribution < 1.29 is 36.3 Å². The van der Waals surface area contributed by atoms with E-state index in [2.05, 4.69) is 40.2 Å². The number of aromatic amines is 1. The molecular weight excluding hydrogens is 615 g/mol. The van der Waals surface area contributed by atoms with Gasteiger partial charge in [-0.2, -0.15) is 18.3 Å². The highest BCUT2D eigenvalue weighted by molar-refractivity contribution is 7.89. The molecule has 16 heteroatoms. The Bertz CT molecular complexity index is 1540. The Morgan fingerprint density at radius 2 is 1.78 bits per heavy atom. The van der Waals surface area contributed by atoms with Gasteiger partial charge in [0.05, 0.1) is 29.6 Å². The summed E-state index contributed by atoms with van der Waals surface area (Å²) in [6.07, 6.45) is 2.16. The van der Waals surface area contributed by atoms with Crippen LogP contribution in [-0.2, 0) is 21.4 Å². The topological polar surface area (TPSA) is 167 Å². The van der Waals surface area contributed by atoms with Crippen molar-refractivity contribution in [3.8, 4) is 11.1 Å². The summed E-state index contributed by atoms with van der Waals surface area (Å²) in [6.45, 7) is 12.7. The van der Waals surface area contributed by atoms with Crippen molar-refractivity contribution in [2.75, 3.05) is 51.6 Å². The number of halogens is 3. The number of carboxylic acid groups (broad SMARTS) is 1. The zero-order chi connectivity index (χ0) is 33.4. The molecule has 0 radical (unpaired) electrons. The molecular formula is C29H42F3N7O5S. The number of carbonyl (C=O) groups is 2. The minimum absolute atomic E-state index is 0.121. The van der Waals surface area contributed by atoms with E-state index in [1.54, 1.807) is 11.2 Å². The summed E-state index contributed by atoms with van der Waals surface area (Å²) in [5.74, 6) is -2.92. The van der Waals surface area contributed by atoms with Gasteiger partial charge >= 0.3 is 12.1 Å². The number of benzene rings is 1. The minimum atomic E-state index is -5.08. The highest BCUT2D eigenvalue weighted by Gasteiger charge is 2.38. The lowest BCUT2D eigenvalue weighted by Crippen LogP contribution is -2.38. The van der Waals surface area contributed by atoms with Crippen LogP contribution in [0.1, 0.15) is 55.5 Å². The Morgan fingerprint density at radius 1 is 1.13 bits per heavy atom. The van der Waals surface area contributed by atoms with Crippen LogP contribution in [0, 0.1) is 0 Å². The van der Waals surface area contributed by atoms with E-state index in [9.17, 15) is 26.4 Å². The number of fused-ring (bicyclic) bond motifs is 1. The van der Waals surface area contributed by atoms with Crippen molar-refractivity contribution in [3.63, 3.8) is 0 Å². The van der Waals surface area contributed by atoms with Gasteiger partial charge in [0.15, 0.2) is 0 Å². The average molecular weight is 658 g/mol. The molecule has 1 saturated heterocycles. The van der Waals surface area contributed by atoms with Gasteiger partial charge in [-0.05, 0) is 62.0 Å². The second-order valence-electron chi connectivity index (χ2n) is 10.7. The van der Waals surface area contributed by atoms with Crippen molar-refractivity contribution in [3.05, 3.63) is 41.9 Å². The van der Waals surface area contributed by atoms with Gasteiger partial charge in [0.2, 0.25) is 10.0 Å². The maximum absolute atomic E-state index is 12.4. The number of hydrogen-bond donors (Lipinski definition) is 4. The molecule has 250 valence electrons. The Balaban J connectivity index is 0.000000707. The second kappa shape index (κ2) is 15.7. The number of carbonyl (C=O) groups excluding carboxylic acids is 1. The number of carboxylic acids is 1. The van der Waals surface area contributed by atoms with Gasteiger partial charge in [0, 0.05) is 56.1 Å². The van der Waals surface area contributed by atoms with E-state index in [1.165, 1.54) is 0 Å². The van der Waals surface area contributed by atoms with Crippen molar-refractivity contribution in [1.29, 1.82) is 0 Å². The fraction of sp³-hybridized carbons (Fsp3) is 0.552. The number of primary amides is 1. The fourth-order valence-electron chi connectivity index (χ4n) is 5.31. The van der Waals surface area contributed by atoms with Crippen molar-refractivity contribution in [1.82, 2.24) is 29.3 Å². The largest absolute Gasteiger partial charge is 0.490 e. The highest BCUT2D eigenvalue weighted by atomic mass is 32.2. The first-order valence-electron chi connectivity index (χ1n) is 14.9. The maximum atomic E-state index is 12.4. The standard InChI is InChI=1S/C27H41N7O3S.C2HF3O2/c1-4-32(5-2)13-9-29-10-14-33-19-22(17-31-33)21-15-23-25(18-30-26(23)24(16-21)27(28)35)20-7-11-34(12-8-20)38(36,37)6-3;3-2(4,5)1(6)7/h15-20,29-30H,4-14H2,1-3H3,(H2,28,35);(H,6,7). The summed E-state index contributed by atoms with van der Waals surface area (Å²) in [5, 5.41) is 16.1. The van der Waals surface area contributed by atoms with Gasteiger partial charge < -0.3 is 26.0 Å². The van der Waals surface area contributed by atoms with Crippen LogP contribution >= 0.6 is 0 Å². The lowest BCUT2D eigenvalue weighted by atomic mass is 9.88. The summed E-state index contributed by atoms with van der Waals surface area (Å²) in [5.41, 5.74) is 9.86. The molecule has 0 atom stereocenters. The Kier molecular flexibility index (Phi) is 12.6. The van der Waals surface area contributed by atoms with Gasteiger partial charge in [0.25, 0.3) is 5.91 Å². The molecule has 45 heavy (non-hydrogen) atoms. The second-order valence-corrected chi connectivity index (χ2v) is 13.0. The van der Waals surface area contributed by atoms with Gasteiger partial charge in [-0.25, -0.2) is 17.5 Å². The lowest BCUT2D eigenvalue weighted by molar-refractivity contribution is -0.192. The molecule has 1 aliphatic rings. The van der Waals surface area contributed by atoms with E-state index in [4.69, 9.17) is 15.6 Å². The van der Waals surface area contributed by atoms with Crippen molar-refractivity contribution in [2.45, 2.75) is 52.3 Å². The van der Waals surface area contributed by atoms with Gasteiger partial charge in [-0.1, -0.05) is 13.8 Å². The Labute approximate surface area is 260 Å². The summed E-state index contributed by atoms with van der Waals surface area (Å²) in [4.78, 5) is 26.9. The first-order valence-corrected chi connectivity index (χ1v) is 16.5. The zero-order valence-corrected chi connectivity index (χ0v) is 26.5. The van der Waals surface area contributed by atoms with Crippen LogP contribution in [0.15, 0.2) is 30.7 Å². The van der Waals surface area contributed by atoms with Crippen LogP contribution in [0.5, 0.6) is 0 Å². The van der Waals surface area contributed by atoms with E-state index in [-0.39, 0.29) is 11.7 Å². The highest BCUT2D eigenvalue weighted by Crippen LogP contribution is 2.37. The average Bonchev–Trinajstić information content (AvgIpc) is 3.66. The number of sulfonamides is 1. The Morgan fingerprint density at radius 3 is 2.33 bits per heavy atom. The number of nitrogens with zero attached hydrogens (tertiary/aromatic N) is 4. The molecule has 12 nitrogen and oxygen atoms in total. The Hall–Kier alpha value is -3.47. The molecule has 1 amide bonds. The molecule has 2 aromatic heterocycles. The number of aromatic nitrogens is 3. The molecule has 0 saturated carbocycles. The molecule has 4 rings (SSSR count). The van der Waals surface area contributed by atoms with Crippen LogP contribution in [0.3, 0.4) is 0 Å². The number of hydrogen-bond acceptors (Lipinski definition) is 7. The smallest absolute Gasteiger partial charge is 0.475 e. The molecule has 0 bridgehead atoms. The molecule has 0 aliphatic carbocycles. The van der Waals surface area contributed by atoms with Crippen LogP contribution in [0.4, 0.5) is 13.2 Å². The van der Waals surface area contributed by atoms with E-state index < -0.39 is 28.1 Å². The summed E-state index contributed by atoms with van der Waals surface area (Å²) < 4.78 is 59.8. The number of rotatable bonds is 13. The number of piperidine rings is 1. The first kappa shape index (κ1) is 36.0. The van der Waals surface area contributed by atoms with Crippen LogP contribution in [-0.4, -0.2) is 107 Å². The molecule has 1 aromatic carbocycles. The van der Waals surface area contributed by atoms with Crippen LogP contribution < -0.4 is 11.1 Å². The van der Waals surface area contributed by atoms with Crippen molar-refractivity contribution >= 4 is 32.8 Å². The monoisotopic (exact) mass is 657 g/mol. The van der Waals surface area contributed by atoms with Gasteiger partial charge in [0.1, 0.15) is 0 Å². The molecule has 3 heterocycles. The zero-order valence-electron chi connectivity index (χ0n) is 25.7. The SMILES string of the molecule is CCN(CC)CCNCCn1cc(-c2cc(C(N)=O)c3[nH]cc(C4CCN(S(=O)(=O)CC)CC4)c3c2)cn1.O=C(O)C(F)(F)F. The third-order valence-corrected chi connectivity index (χ3v) is 9.85.